The lowest BCUT2D eigenvalue weighted by Crippen LogP contribution is -2.17. The number of anilines is 6. The summed E-state index contributed by atoms with van der Waals surface area (Å²) in [5, 5.41) is 2.57. The molecule has 0 radical (unpaired) electrons. The Balaban J connectivity index is 0.922. The number of benzene rings is 10. The predicted molar refractivity (Wildman–Crippen MR) is 317 cm³/mol. The largest absolute Gasteiger partial charge is 0.310 e. The van der Waals surface area contributed by atoms with Gasteiger partial charge >= 0.3 is 0 Å². The first-order chi connectivity index (χ1) is 35.4. The van der Waals surface area contributed by atoms with Crippen LogP contribution in [0.4, 0.5) is 34.1 Å². The molecule has 2 aliphatic rings. The van der Waals surface area contributed by atoms with Gasteiger partial charge in [-0.15, -0.1) is 0 Å². The Kier molecular flexibility index (Phi) is 11.0. The van der Waals surface area contributed by atoms with E-state index in [2.05, 4.69) is 297 Å². The molecule has 364 valence electrons. The normalized spacial score (nSPS) is 14.0. The highest BCUT2D eigenvalue weighted by molar-refractivity contribution is 5.99. The van der Waals surface area contributed by atoms with E-state index in [1.54, 1.807) is 0 Å². The van der Waals surface area contributed by atoms with Crippen LogP contribution in [0, 0.1) is 0 Å². The van der Waals surface area contributed by atoms with Crippen LogP contribution in [0.3, 0.4) is 0 Å². The average Bonchev–Trinajstić information content (AvgIpc) is 3.77. The molecule has 10 aromatic carbocycles. The molecule has 0 bridgehead atoms. The maximum absolute atomic E-state index is 2.50. The van der Waals surface area contributed by atoms with Gasteiger partial charge in [0.15, 0.2) is 0 Å². The van der Waals surface area contributed by atoms with Crippen LogP contribution in [0.5, 0.6) is 0 Å². The molecule has 2 nitrogen and oxygen atoms in total. The van der Waals surface area contributed by atoms with Crippen LogP contribution in [-0.4, -0.2) is 0 Å². The monoisotopic (exact) mass is 959 g/mol. The fraction of sp³-hybridized carbons (Fsp3) is 0.194. The summed E-state index contributed by atoms with van der Waals surface area (Å²) in [5.41, 5.74) is 24.9. The molecule has 2 heteroatoms. The van der Waals surface area contributed by atoms with Crippen molar-refractivity contribution >= 4 is 44.9 Å². The van der Waals surface area contributed by atoms with E-state index in [0.717, 1.165) is 34.1 Å². The molecule has 0 atom stereocenters. The van der Waals surface area contributed by atoms with Crippen molar-refractivity contribution in [3.8, 4) is 44.5 Å². The second kappa shape index (κ2) is 17.3. The Labute approximate surface area is 439 Å². The molecular weight excluding hydrogens is 893 g/mol. The molecule has 0 N–H and O–H groups in total. The van der Waals surface area contributed by atoms with E-state index in [9.17, 15) is 0 Å². The maximum Gasteiger partial charge on any atom is 0.0465 e. The van der Waals surface area contributed by atoms with Crippen molar-refractivity contribution in [2.45, 2.75) is 90.9 Å². The molecule has 2 aliphatic carbocycles. The summed E-state index contributed by atoms with van der Waals surface area (Å²) in [6.45, 7) is 23.3. The van der Waals surface area contributed by atoms with Crippen LogP contribution >= 0.6 is 0 Å². The summed E-state index contributed by atoms with van der Waals surface area (Å²) < 4.78 is 0. The summed E-state index contributed by atoms with van der Waals surface area (Å²) in [6, 6.07) is 82.0. The molecule has 0 heterocycles. The number of hydrogen-bond donors (Lipinski definition) is 0. The van der Waals surface area contributed by atoms with Gasteiger partial charge in [-0.3, -0.25) is 0 Å². The Morgan fingerprint density at radius 2 is 0.554 bits per heavy atom. The van der Waals surface area contributed by atoms with Crippen LogP contribution in [0.2, 0.25) is 0 Å². The minimum atomic E-state index is -0.214. The number of rotatable bonds is 8. The van der Waals surface area contributed by atoms with Crippen molar-refractivity contribution in [1.29, 1.82) is 0 Å². The van der Waals surface area contributed by atoms with E-state index in [4.69, 9.17) is 0 Å². The smallest absolute Gasteiger partial charge is 0.0465 e. The van der Waals surface area contributed by atoms with Gasteiger partial charge in [0.25, 0.3) is 0 Å². The van der Waals surface area contributed by atoms with Crippen molar-refractivity contribution < 1.29 is 0 Å². The molecule has 10 aromatic rings. The lowest BCUT2D eigenvalue weighted by molar-refractivity contribution is 0.590. The van der Waals surface area contributed by atoms with Crippen molar-refractivity contribution in [2.75, 3.05) is 9.80 Å². The summed E-state index contributed by atoms with van der Waals surface area (Å²) in [4.78, 5) is 4.85. The van der Waals surface area contributed by atoms with E-state index in [-0.39, 0.29) is 21.7 Å². The van der Waals surface area contributed by atoms with Gasteiger partial charge in [-0.1, -0.05) is 191 Å². The van der Waals surface area contributed by atoms with Crippen LogP contribution in [0.1, 0.15) is 103 Å². The first-order valence-corrected chi connectivity index (χ1v) is 26.5. The van der Waals surface area contributed by atoms with Crippen molar-refractivity contribution in [2.24, 2.45) is 0 Å². The second-order valence-electron chi connectivity index (χ2n) is 23.9. The van der Waals surface area contributed by atoms with Gasteiger partial charge in [0.1, 0.15) is 0 Å². The van der Waals surface area contributed by atoms with Crippen LogP contribution in [0.25, 0.3) is 55.3 Å². The highest BCUT2D eigenvalue weighted by Gasteiger charge is 2.39. The zero-order valence-electron chi connectivity index (χ0n) is 44.7. The van der Waals surface area contributed by atoms with Gasteiger partial charge in [-0.2, -0.15) is 0 Å². The fourth-order valence-corrected chi connectivity index (χ4v) is 11.9. The second-order valence-corrected chi connectivity index (χ2v) is 23.9. The predicted octanol–water partition coefficient (Wildman–Crippen LogP) is 20.3. The van der Waals surface area contributed by atoms with E-state index in [0.29, 0.717) is 0 Å². The summed E-state index contributed by atoms with van der Waals surface area (Å²) >= 11 is 0. The average molecular weight is 959 g/mol. The van der Waals surface area contributed by atoms with E-state index in [1.807, 2.05) is 0 Å². The summed E-state index contributed by atoms with van der Waals surface area (Å²) in [7, 11) is 0. The summed E-state index contributed by atoms with van der Waals surface area (Å²) in [5.74, 6) is 0. The van der Waals surface area contributed by atoms with Gasteiger partial charge in [-0.05, 0) is 197 Å². The molecule has 0 saturated carbocycles. The van der Waals surface area contributed by atoms with Crippen molar-refractivity contribution in [1.82, 2.24) is 0 Å². The highest BCUT2D eigenvalue weighted by Crippen LogP contribution is 2.55. The van der Waals surface area contributed by atoms with E-state index < -0.39 is 0 Å². The molecule has 0 amide bonds. The van der Waals surface area contributed by atoms with Crippen molar-refractivity contribution in [3.63, 3.8) is 0 Å². The van der Waals surface area contributed by atoms with Crippen LogP contribution < -0.4 is 9.80 Å². The van der Waals surface area contributed by atoms with Crippen LogP contribution in [0.15, 0.2) is 218 Å². The third-order valence-electron chi connectivity index (χ3n) is 16.4. The Hall–Kier alpha value is -7.94. The number of hydrogen-bond acceptors (Lipinski definition) is 2. The lowest BCUT2D eigenvalue weighted by Gasteiger charge is -2.29. The highest BCUT2D eigenvalue weighted by atomic mass is 15.1. The van der Waals surface area contributed by atoms with Gasteiger partial charge in [0.05, 0.1) is 0 Å². The fourth-order valence-electron chi connectivity index (χ4n) is 11.9. The first-order valence-electron chi connectivity index (χ1n) is 26.5. The lowest BCUT2D eigenvalue weighted by atomic mass is 9.80. The Morgan fingerprint density at radius 1 is 0.270 bits per heavy atom. The standard InChI is InChI=1S/C72H66N2/c1-69(2,3)53-25-33-57(34-26-53)73(55-29-21-49(22-30-55)47-17-13-11-14-18-47)59-37-39-61-63-41-51-42-64-62-40-38-60(46-68(62)72(9,10)66(64)44-52(51)43-65(63)71(7,8)67(61)45-59)74(58-35-27-54(28-36-58)70(4,5)6)56-31-23-50(24-32-56)48-19-15-12-16-20-48/h11-46H,1-10H3. The number of fused-ring (bicyclic) bond motifs is 7. The third kappa shape index (κ3) is 8.03. The van der Waals surface area contributed by atoms with Crippen molar-refractivity contribution in [3.05, 3.63) is 252 Å². The molecular formula is C72H66N2. The molecule has 0 spiro atoms. The molecule has 74 heavy (non-hydrogen) atoms. The van der Waals surface area contributed by atoms with E-state index in [1.165, 1.54) is 88.7 Å². The molecule has 0 aliphatic heterocycles. The third-order valence-corrected chi connectivity index (χ3v) is 16.4. The van der Waals surface area contributed by atoms with Gasteiger partial charge < -0.3 is 9.80 Å². The topological polar surface area (TPSA) is 6.48 Å². The quantitative estimate of drug-likeness (QED) is 0.150. The molecule has 0 fully saturated rings. The van der Waals surface area contributed by atoms with Gasteiger partial charge in [0.2, 0.25) is 0 Å². The SMILES string of the molecule is CC(C)(C)c1ccc(N(c2ccc(-c3ccccc3)cc2)c2ccc3c(c2)C(C)(C)c2cc4cc5c(cc4cc2-3)-c2ccc(N(c3ccc(-c4ccccc4)cc3)c3ccc(C(C)(C)C)cc3)cc2C5(C)C)cc1. The van der Waals surface area contributed by atoms with Gasteiger partial charge in [0, 0.05) is 45.0 Å². The maximum atomic E-state index is 2.50. The molecule has 0 aromatic heterocycles. The zero-order chi connectivity index (χ0) is 51.3. The van der Waals surface area contributed by atoms with Gasteiger partial charge in [-0.25, -0.2) is 0 Å². The molecule has 12 rings (SSSR count). The minimum absolute atomic E-state index is 0.0648. The molecule has 0 saturated heterocycles. The summed E-state index contributed by atoms with van der Waals surface area (Å²) in [6.07, 6.45) is 0. The molecule has 0 unspecified atom stereocenters. The Bertz CT molecular complexity index is 3490. The minimum Gasteiger partial charge on any atom is -0.310 e. The Morgan fingerprint density at radius 3 is 0.892 bits per heavy atom. The zero-order valence-corrected chi connectivity index (χ0v) is 44.7. The number of nitrogens with zero attached hydrogens (tertiary/aromatic N) is 2. The van der Waals surface area contributed by atoms with Crippen LogP contribution in [-0.2, 0) is 21.7 Å². The first kappa shape index (κ1) is 47.1. The van der Waals surface area contributed by atoms with E-state index >= 15 is 0 Å².